The molecule has 6 rings (SSSR count). The molecule has 0 bridgehead atoms. The molecule has 1 aliphatic heterocycles. The first-order valence-corrected chi connectivity index (χ1v) is 14.9. The van der Waals surface area contributed by atoms with Crippen molar-refractivity contribution >= 4 is 33.3 Å². The quantitative estimate of drug-likeness (QED) is 0.197. The van der Waals surface area contributed by atoms with Crippen molar-refractivity contribution in [2.24, 2.45) is 5.73 Å². The van der Waals surface area contributed by atoms with Gasteiger partial charge in [0.05, 0.1) is 29.0 Å². The van der Waals surface area contributed by atoms with Crippen LogP contribution in [-0.4, -0.2) is 21.9 Å². The first-order valence-electron chi connectivity index (χ1n) is 13.1. The number of aromatic nitrogens is 1. The largest absolute Gasteiger partial charge is 0.392 e. The predicted octanol–water partition coefficient (Wildman–Crippen LogP) is 7.25. The Balaban J connectivity index is 1.26. The third-order valence-electron chi connectivity index (χ3n) is 6.94. The number of rotatable bonds is 8. The van der Waals surface area contributed by atoms with Crippen molar-refractivity contribution in [1.82, 2.24) is 4.98 Å². The van der Waals surface area contributed by atoms with Crippen molar-refractivity contribution < 1.29 is 14.6 Å². The van der Waals surface area contributed by atoms with Gasteiger partial charge in [0.25, 0.3) is 0 Å². The molecule has 0 unspecified atom stereocenters. The topological polar surface area (TPSA) is 77.6 Å². The fourth-order valence-corrected chi connectivity index (χ4v) is 6.95. The van der Waals surface area contributed by atoms with Crippen LogP contribution in [0.4, 0.5) is 0 Å². The van der Waals surface area contributed by atoms with Gasteiger partial charge in [0.1, 0.15) is 0 Å². The molecule has 5 aromatic rings. The second-order valence-corrected chi connectivity index (χ2v) is 11.9. The van der Waals surface area contributed by atoms with Gasteiger partial charge >= 0.3 is 0 Å². The summed E-state index contributed by atoms with van der Waals surface area (Å²) in [6, 6.07) is 32.9. The summed E-state index contributed by atoms with van der Waals surface area (Å²) in [5.41, 5.74) is 13.2. The van der Waals surface area contributed by atoms with Crippen molar-refractivity contribution in [2.45, 2.75) is 42.4 Å². The maximum atomic E-state index is 9.49. The van der Waals surface area contributed by atoms with E-state index >= 15 is 0 Å². The number of nitrogens with two attached hydrogens (primary N) is 1. The van der Waals surface area contributed by atoms with Crippen LogP contribution in [-0.2, 0) is 22.6 Å². The Bertz CT molecular complexity index is 1520. The lowest BCUT2D eigenvalue weighted by Crippen LogP contribution is -2.31. The fourth-order valence-electron chi connectivity index (χ4n) is 4.84. The number of aliphatic hydroxyl groups excluding tert-OH is 1. The highest BCUT2D eigenvalue weighted by Gasteiger charge is 2.32. The van der Waals surface area contributed by atoms with Gasteiger partial charge in [0.2, 0.25) is 0 Å². The lowest BCUT2D eigenvalue weighted by molar-refractivity contribution is -0.245. The van der Waals surface area contributed by atoms with Gasteiger partial charge in [-0.25, -0.2) is 4.98 Å². The summed E-state index contributed by atoms with van der Waals surface area (Å²) in [5, 5.41) is 9.49. The smallest absolute Gasteiger partial charge is 0.184 e. The minimum absolute atomic E-state index is 0.0208. The Morgan fingerprint density at radius 1 is 0.846 bits per heavy atom. The van der Waals surface area contributed by atoms with Crippen LogP contribution in [0, 0.1) is 0 Å². The molecule has 1 fully saturated rings. The van der Waals surface area contributed by atoms with E-state index in [0.29, 0.717) is 6.54 Å². The molecule has 1 aromatic heterocycles. The first kappa shape index (κ1) is 26.2. The van der Waals surface area contributed by atoms with E-state index in [4.69, 9.17) is 20.2 Å². The van der Waals surface area contributed by atoms with Crippen molar-refractivity contribution in [3.05, 3.63) is 119 Å². The number of hydrogen-bond donors (Lipinski definition) is 2. The standard InChI is InChI=1S/C32H30N2O3S2/c33-18-22-5-3-6-24(15-22)25-7-4-8-26(16-25)31-36-27(17-29(37-31)23-13-11-21(19-35)12-14-23)20-38-32-34-28-9-1-2-10-30(28)39-32/h1-16,27,29,31,35H,17-20,33H2/t27-,29+,31+/m0/s1. The van der Waals surface area contributed by atoms with E-state index in [0.717, 1.165) is 55.4 Å². The van der Waals surface area contributed by atoms with Crippen LogP contribution in [0.2, 0.25) is 0 Å². The highest BCUT2D eigenvalue weighted by Crippen LogP contribution is 2.41. The second kappa shape index (κ2) is 12.0. The third-order valence-corrected chi connectivity index (χ3v) is 9.25. The van der Waals surface area contributed by atoms with Crippen molar-refractivity contribution in [3.8, 4) is 11.1 Å². The van der Waals surface area contributed by atoms with E-state index < -0.39 is 6.29 Å². The molecule has 0 amide bonds. The molecule has 4 aromatic carbocycles. The number of thiazole rings is 1. The summed E-state index contributed by atoms with van der Waals surface area (Å²) < 4.78 is 15.4. The maximum Gasteiger partial charge on any atom is 0.184 e. The highest BCUT2D eigenvalue weighted by atomic mass is 32.2. The normalized spacial score (nSPS) is 19.4. The minimum Gasteiger partial charge on any atom is -0.392 e. The van der Waals surface area contributed by atoms with Crippen LogP contribution < -0.4 is 5.73 Å². The van der Waals surface area contributed by atoms with Gasteiger partial charge in [0.15, 0.2) is 10.6 Å². The Morgan fingerprint density at radius 2 is 1.64 bits per heavy atom. The summed E-state index contributed by atoms with van der Waals surface area (Å²) >= 11 is 3.46. The maximum absolute atomic E-state index is 9.49. The van der Waals surface area contributed by atoms with E-state index in [2.05, 4.69) is 48.5 Å². The Morgan fingerprint density at radius 3 is 2.44 bits per heavy atom. The number of hydrogen-bond acceptors (Lipinski definition) is 7. The second-order valence-electron chi connectivity index (χ2n) is 9.64. The zero-order valence-corrected chi connectivity index (χ0v) is 23.0. The number of thioether (sulfide) groups is 1. The van der Waals surface area contributed by atoms with E-state index in [1.54, 1.807) is 23.1 Å². The summed E-state index contributed by atoms with van der Waals surface area (Å²) in [6.45, 7) is 0.532. The molecule has 3 atom stereocenters. The van der Waals surface area contributed by atoms with Gasteiger partial charge in [0, 0.05) is 24.3 Å². The SMILES string of the molecule is NCc1cccc(-c2cccc([C@@H]3O[C@H](CSc4nc5ccccc5s4)C[C@H](c4ccc(CO)cc4)O3)c2)c1. The summed E-state index contributed by atoms with van der Waals surface area (Å²) in [4.78, 5) is 4.79. The lowest BCUT2D eigenvalue weighted by atomic mass is 9.99. The van der Waals surface area contributed by atoms with Crippen molar-refractivity contribution in [3.63, 3.8) is 0 Å². The van der Waals surface area contributed by atoms with Gasteiger partial charge in [-0.2, -0.15) is 0 Å². The van der Waals surface area contributed by atoms with Crippen LogP contribution >= 0.6 is 23.1 Å². The van der Waals surface area contributed by atoms with Gasteiger partial charge < -0.3 is 20.3 Å². The zero-order valence-electron chi connectivity index (χ0n) is 21.4. The summed E-state index contributed by atoms with van der Waals surface area (Å²) in [5.74, 6) is 0.781. The Labute approximate surface area is 236 Å². The number of ether oxygens (including phenoxy) is 2. The average molecular weight is 555 g/mol. The molecule has 198 valence electrons. The molecular weight excluding hydrogens is 524 g/mol. The number of aliphatic hydroxyl groups is 1. The predicted molar refractivity (Wildman–Crippen MR) is 159 cm³/mol. The molecule has 0 aliphatic carbocycles. The highest BCUT2D eigenvalue weighted by molar-refractivity contribution is 8.01. The molecule has 39 heavy (non-hydrogen) atoms. The van der Waals surface area contributed by atoms with Crippen LogP contribution in [0.1, 0.15) is 41.1 Å². The van der Waals surface area contributed by atoms with Crippen molar-refractivity contribution in [2.75, 3.05) is 5.75 Å². The molecule has 5 nitrogen and oxygen atoms in total. The van der Waals surface area contributed by atoms with Gasteiger partial charge in [-0.1, -0.05) is 84.6 Å². The lowest BCUT2D eigenvalue weighted by Gasteiger charge is -2.36. The molecule has 0 saturated carbocycles. The van der Waals surface area contributed by atoms with E-state index in [9.17, 15) is 5.11 Å². The Kier molecular flexibility index (Phi) is 8.06. The number of nitrogens with zero attached hydrogens (tertiary/aromatic N) is 1. The molecule has 3 N–H and O–H groups in total. The van der Waals surface area contributed by atoms with E-state index in [1.165, 1.54) is 4.70 Å². The van der Waals surface area contributed by atoms with Crippen LogP contribution in [0.15, 0.2) is 101 Å². The average Bonchev–Trinajstić information content (AvgIpc) is 3.43. The Hall–Kier alpha value is -3.04. The third kappa shape index (κ3) is 6.09. The molecule has 1 saturated heterocycles. The van der Waals surface area contributed by atoms with Crippen LogP contribution in [0.25, 0.3) is 21.3 Å². The number of fused-ring (bicyclic) bond motifs is 1. The van der Waals surface area contributed by atoms with Gasteiger partial charge in [-0.15, -0.1) is 11.3 Å². The number of benzene rings is 4. The van der Waals surface area contributed by atoms with Crippen LogP contribution in [0.3, 0.4) is 0 Å². The molecule has 1 aliphatic rings. The van der Waals surface area contributed by atoms with Crippen molar-refractivity contribution in [1.29, 1.82) is 0 Å². The fraction of sp³-hybridized carbons (Fsp3) is 0.219. The van der Waals surface area contributed by atoms with Gasteiger partial charge in [-0.05, 0) is 52.1 Å². The molecule has 0 spiro atoms. The van der Waals surface area contributed by atoms with Gasteiger partial charge in [-0.3, -0.25) is 0 Å². The molecular formula is C32H30N2O3S2. The molecule has 2 heterocycles. The van der Waals surface area contributed by atoms with E-state index in [1.807, 2.05) is 48.5 Å². The van der Waals surface area contributed by atoms with E-state index in [-0.39, 0.29) is 18.8 Å². The first-order chi connectivity index (χ1) is 19.2. The summed E-state index contributed by atoms with van der Waals surface area (Å²) in [7, 11) is 0. The number of para-hydroxylation sites is 1. The molecule has 7 heteroatoms. The summed E-state index contributed by atoms with van der Waals surface area (Å²) in [6.07, 6.45) is 0.0968. The minimum atomic E-state index is -0.500. The molecule has 0 radical (unpaired) electrons. The van der Waals surface area contributed by atoms with Crippen LogP contribution in [0.5, 0.6) is 0 Å². The zero-order chi connectivity index (χ0) is 26.6. The monoisotopic (exact) mass is 554 g/mol.